The second-order valence-electron chi connectivity index (χ2n) is 5.80. The molecule has 1 heterocycles. The molecule has 1 N–H and O–H groups in total. The van der Waals surface area contributed by atoms with Crippen molar-refractivity contribution in [1.29, 1.82) is 0 Å². The minimum atomic E-state index is -0.835. The Morgan fingerprint density at radius 2 is 1.89 bits per heavy atom. The number of aliphatic hydroxyl groups is 1. The topological polar surface area (TPSA) is 38.7 Å². The Balaban J connectivity index is 2.62. The smallest absolute Gasteiger partial charge is 0.125 e. The summed E-state index contributed by atoms with van der Waals surface area (Å²) in [6.45, 7) is 8.85. The van der Waals surface area contributed by atoms with Crippen LogP contribution in [0.25, 0.3) is 0 Å². The molecular formula is C15H22O3. The first-order valence-electron chi connectivity index (χ1n) is 6.28. The Kier molecular flexibility index (Phi) is 3.16. The largest absolute Gasteiger partial charge is 0.496 e. The van der Waals surface area contributed by atoms with Crippen LogP contribution in [0.2, 0.25) is 0 Å². The number of hydrogen-bond acceptors (Lipinski definition) is 3. The Hall–Kier alpha value is -1.06. The zero-order valence-corrected chi connectivity index (χ0v) is 11.8. The molecule has 18 heavy (non-hydrogen) atoms. The van der Waals surface area contributed by atoms with E-state index in [2.05, 4.69) is 19.1 Å². The third-order valence-electron chi connectivity index (χ3n) is 4.01. The van der Waals surface area contributed by atoms with Gasteiger partial charge in [-0.3, -0.25) is 0 Å². The lowest BCUT2D eigenvalue weighted by Gasteiger charge is -2.50. The van der Waals surface area contributed by atoms with Gasteiger partial charge in [-0.15, -0.1) is 0 Å². The molecule has 0 atom stereocenters. The fourth-order valence-corrected chi connectivity index (χ4v) is 2.73. The third kappa shape index (κ3) is 1.82. The van der Waals surface area contributed by atoms with Gasteiger partial charge in [0.25, 0.3) is 0 Å². The fraction of sp³-hybridized carbons (Fsp3) is 0.600. The highest BCUT2D eigenvalue weighted by atomic mass is 16.5. The van der Waals surface area contributed by atoms with Crippen molar-refractivity contribution in [2.45, 2.75) is 38.7 Å². The van der Waals surface area contributed by atoms with E-state index in [1.54, 1.807) is 7.11 Å². The van der Waals surface area contributed by atoms with Gasteiger partial charge < -0.3 is 14.6 Å². The molecule has 0 unspecified atom stereocenters. The lowest BCUT2D eigenvalue weighted by Crippen LogP contribution is -2.60. The molecule has 3 heteroatoms. The number of hydrogen-bond donors (Lipinski definition) is 1. The molecule has 1 aliphatic heterocycles. The summed E-state index contributed by atoms with van der Waals surface area (Å²) >= 11 is 0. The molecule has 100 valence electrons. The van der Waals surface area contributed by atoms with Crippen LogP contribution >= 0.6 is 0 Å². The zero-order valence-electron chi connectivity index (χ0n) is 11.8. The summed E-state index contributed by atoms with van der Waals surface area (Å²) in [5.74, 6) is 0.867. The molecule has 0 aromatic heterocycles. The maximum absolute atomic E-state index is 10.5. The monoisotopic (exact) mass is 250 g/mol. The molecule has 1 aliphatic rings. The summed E-state index contributed by atoms with van der Waals surface area (Å²) in [5.41, 5.74) is 2.14. The summed E-state index contributed by atoms with van der Waals surface area (Å²) in [5, 5.41) is 10.5. The first kappa shape index (κ1) is 13.4. The van der Waals surface area contributed by atoms with Crippen LogP contribution in [0.1, 0.15) is 30.5 Å². The lowest BCUT2D eigenvalue weighted by molar-refractivity contribution is -0.158. The molecule has 3 nitrogen and oxygen atoms in total. The molecule has 1 saturated heterocycles. The molecule has 0 saturated carbocycles. The molecule has 0 bridgehead atoms. The van der Waals surface area contributed by atoms with Gasteiger partial charge in [-0.05, 0) is 33.3 Å². The van der Waals surface area contributed by atoms with Crippen molar-refractivity contribution >= 4 is 0 Å². The summed E-state index contributed by atoms with van der Waals surface area (Å²) in [7, 11) is 1.68. The maximum Gasteiger partial charge on any atom is 0.125 e. The predicted octanol–water partition coefficient (Wildman–Crippen LogP) is 2.35. The quantitative estimate of drug-likeness (QED) is 0.895. The van der Waals surface area contributed by atoms with E-state index in [1.807, 2.05) is 20.8 Å². The Labute approximate surface area is 109 Å². The van der Waals surface area contributed by atoms with E-state index < -0.39 is 5.60 Å². The Morgan fingerprint density at radius 3 is 2.28 bits per heavy atom. The van der Waals surface area contributed by atoms with Crippen molar-refractivity contribution in [2.75, 3.05) is 20.3 Å². The summed E-state index contributed by atoms with van der Waals surface area (Å²) in [6, 6.07) is 4.20. The average Bonchev–Trinajstić information content (AvgIpc) is 2.12. The Morgan fingerprint density at radius 1 is 1.28 bits per heavy atom. The molecule has 0 radical (unpaired) electrons. The number of aryl methyl sites for hydroxylation is 2. The first-order valence-corrected chi connectivity index (χ1v) is 6.28. The maximum atomic E-state index is 10.5. The van der Waals surface area contributed by atoms with Gasteiger partial charge >= 0.3 is 0 Å². The van der Waals surface area contributed by atoms with Crippen LogP contribution in [0, 0.1) is 13.8 Å². The number of methoxy groups -OCH3 is 1. The van der Waals surface area contributed by atoms with Crippen molar-refractivity contribution in [2.24, 2.45) is 0 Å². The van der Waals surface area contributed by atoms with Crippen molar-refractivity contribution < 1.29 is 14.6 Å². The van der Waals surface area contributed by atoms with Gasteiger partial charge in [0.1, 0.15) is 5.75 Å². The van der Waals surface area contributed by atoms with E-state index in [0.29, 0.717) is 13.2 Å². The van der Waals surface area contributed by atoms with Gasteiger partial charge in [-0.2, -0.15) is 0 Å². The van der Waals surface area contributed by atoms with Gasteiger partial charge in [0, 0.05) is 5.56 Å². The van der Waals surface area contributed by atoms with Gasteiger partial charge in [0.15, 0.2) is 0 Å². The van der Waals surface area contributed by atoms with Gasteiger partial charge in [-0.25, -0.2) is 0 Å². The predicted molar refractivity (Wildman–Crippen MR) is 71.3 cm³/mol. The molecule has 1 aromatic carbocycles. The molecule has 2 rings (SSSR count). The standard InChI is InChI=1S/C15H22O3/c1-10-6-11(2)13(17-5)12(7-10)15(8-18-9-15)14(3,4)16/h6-7,16H,8-9H2,1-5H3. The summed E-state index contributed by atoms with van der Waals surface area (Å²) < 4.78 is 10.9. The SMILES string of the molecule is COc1c(C)cc(C)cc1C1(C(C)(C)O)COC1. The number of ether oxygens (including phenoxy) is 2. The second kappa shape index (κ2) is 4.25. The Bertz CT molecular complexity index is 454. The highest BCUT2D eigenvalue weighted by Gasteiger charge is 2.53. The van der Waals surface area contributed by atoms with Gasteiger partial charge in [0.2, 0.25) is 0 Å². The van der Waals surface area contributed by atoms with Crippen molar-refractivity contribution in [3.8, 4) is 5.75 Å². The highest BCUT2D eigenvalue weighted by molar-refractivity contribution is 5.50. The average molecular weight is 250 g/mol. The number of rotatable bonds is 3. The van der Waals surface area contributed by atoms with Gasteiger partial charge in [0.05, 0.1) is 31.3 Å². The molecule has 0 amide bonds. The fourth-order valence-electron chi connectivity index (χ4n) is 2.73. The minimum absolute atomic E-state index is 0.366. The highest BCUT2D eigenvalue weighted by Crippen LogP contribution is 2.46. The molecule has 1 aromatic rings. The van der Waals surface area contributed by atoms with E-state index in [9.17, 15) is 5.11 Å². The molecule has 0 spiro atoms. The van der Waals surface area contributed by atoms with E-state index in [4.69, 9.17) is 9.47 Å². The van der Waals surface area contributed by atoms with Crippen molar-refractivity contribution in [1.82, 2.24) is 0 Å². The van der Waals surface area contributed by atoms with E-state index in [0.717, 1.165) is 16.9 Å². The van der Waals surface area contributed by atoms with E-state index in [1.165, 1.54) is 5.56 Å². The molecule has 1 fully saturated rings. The van der Waals surface area contributed by atoms with Crippen LogP contribution < -0.4 is 4.74 Å². The van der Waals surface area contributed by atoms with Crippen LogP contribution in [0.15, 0.2) is 12.1 Å². The van der Waals surface area contributed by atoms with E-state index >= 15 is 0 Å². The van der Waals surface area contributed by atoms with Crippen LogP contribution in [0.5, 0.6) is 5.75 Å². The first-order chi connectivity index (χ1) is 8.32. The van der Waals surface area contributed by atoms with Crippen LogP contribution in [0.3, 0.4) is 0 Å². The molecular weight excluding hydrogens is 228 g/mol. The summed E-state index contributed by atoms with van der Waals surface area (Å²) in [4.78, 5) is 0. The van der Waals surface area contributed by atoms with Crippen molar-refractivity contribution in [3.05, 3.63) is 28.8 Å². The number of benzene rings is 1. The lowest BCUT2D eigenvalue weighted by atomic mass is 9.66. The van der Waals surface area contributed by atoms with Crippen LogP contribution in [0.4, 0.5) is 0 Å². The summed E-state index contributed by atoms with van der Waals surface area (Å²) in [6.07, 6.45) is 0. The molecule has 0 aliphatic carbocycles. The van der Waals surface area contributed by atoms with Crippen LogP contribution in [-0.4, -0.2) is 31.0 Å². The third-order valence-corrected chi connectivity index (χ3v) is 4.01. The zero-order chi connectivity index (χ0) is 13.6. The normalized spacial score (nSPS) is 18.3. The van der Waals surface area contributed by atoms with Crippen LogP contribution in [-0.2, 0) is 10.2 Å². The minimum Gasteiger partial charge on any atom is -0.496 e. The van der Waals surface area contributed by atoms with E-state index in [-0.39, 0.29) is 5.41 Å². The van der Waals surface area contributed by atoms with Gasteiger partial charge in [-0.1, -0.05) is 17.7 Å². The second-order valence-corrected chi connectivity index (χ2v) is 5.80. The van der Waals surface area contributed by atoms with Crippen molar-refractivity contribution in [3.63, 3.8) is 0 Å².